The highest BCUT2D eigenvalue weighted by Crippen LogP contribution is 2.23. The minimum absolute atomic E-state index is 0.0630. The van der Waals surface area contributed by atoms with E-state index in [1.807, 2.05) is 48.5 Å². The molecule has 0 radical (unpaired) electrons. The summed E-state index contributed by atoms with van der Waals surface area (Å²) in [7, 11) is 1.73. The van der Waals surface area contributed by atoms with E-state index in [0.29, 0.717) is 11.3 Å². The first-order chi connectivity index (χ1) is 16.8. The highest BCUT2D eigenvalue weighted by molar-refractivity contribution is 6.04. The number of nitrogens with one attached hydrogen (secondary N) is 1. The number of methoxy groups -OCH3 is 1. The molecule has 6 nitrogen and oxygen atoms in total. The summed E-state index contributed by atoms with van der Waals surface area (Å²) in [5.41, 5.74) is 3.83. The number of nitrogens with zero attached hydrogens (tertiary/aromatic N) is 3. The van der Waals surface area contributed by atoms with Crippen molar-refractivity contribution in [2.24, 2.45) is 0 Å². The van der Waals surface area contributed by atoms with Gasteiger partial charge in [-0.15, -0.1) is 0 Å². The molecular weight excluding hydrogens is 436 g/mol. The van der Waals surface area contributed by atoms with Gasteiger partial charge in [0.25, 0.3) is 5.91 Å². The van der Waals surface area contributed by atoms with Crippen LogP contribution in [0.15, 0.2) is 66.9 Å². The molecule has 3 aromatic rings. The number of carbonyl (C=O) groups excluding carboxylic acids is 1. The van der Waals surface area contributed by atoms with Gasteiger partial charge in [-0.1, -0.05) is 51.1 Å². The summed E-state index contributed by atoms with van der Waals surface area (Å²) in [4.78, 5) is 22.1. The Hall–Kier alpha value is -3.38. The largest absolute Gasteiger partial charge is 0.496 e. The summed E-state index contributed by atoms with van der Waals surface area (Å²) < 4.78 is 5.52. The molecule has 6 heteroatoms. The van der Waals surface area contributed by atoms with Crippen molar-refractivity contribution in [3.63, 3.8) is 0 Å². The lowest BCUT2D eigenvalue weighted by Gasteiger charge is -2.23. The van der Waals surface area contributed by atoms with Crippen LogP contribution < -0.4 is 15.0 Å². The first-order valence-corrected chi connectivity index (χ1v) is 12.3. The van der Waals surface area contributed by atoms with E-state index >= 15 is 0 Å². The Bertz CT molecular complexity index is 1120. The number of benzene rings is 2. The second-order valence-electron chi connectivity index (χ2n) is 10.1. The van der Waals surface area contributed by atoms with Crippen molar-refractivity contribution in [3.8, 4) is 5.75 Å². The summed E-state index contributed by atoms with van der Waals surface area (Å²) in [6.07, 6.45) is 2.81. The van der Waals surface area contributed by atoms with E-state index in [0.717, 1.165) is 50.7 Å². The van der Waals surface area contributed by atoms with E-state index in [-0.39, 0.29) is 11.3 Å². The van der Waals surface area contributed by atoms with E-state index in [9.17, 15) is 4.79 Å². The molecule has 1 aliphatic rings. The Morgan fingerprint density at radius 1 is 0.971 bits per heavy atom. The van der Waals surface area contributed by atoms with E-state index in [1.165, 1.54) is 11.1 Å². The third kappa shape index (κ3) is 6.40. The fraction of sp³-hybridized carbons (Fsp3) is 0.379. The Labute approximate surface area is 208 Å². The zero-order valence-corrected chi connectivity index (χ0v) is 21.3. The lowest BCUT2D eigenvalue weighted by Crippen LogP contribution is -2.31. The van der Waals surface area contributed by atoms with Gasteiger partial charge in [-0.05, 0) is 47.7 Å². The molecule has 1 saturated heterocycles. The van der Waals surface area contributed by atoms with E-state index in [1.54, 1.807) is 13.3 Å². The molecule has 1 aliphatic heterocycles. The lowest BCUT2D eigenvalue weighted by molar-refractivity contribution is 0.102. The van der Waals surface area contributed by atoms with Gasteiger partial charge in [-0.25, -0.2) is 4.98 Å². The van der Waals surface area contributed by atoms with E-state index in [2.05, 4.69) is 53.0 Å². The van der Waals surface area contributed by atoms with Gasteiger partial charge in [0.2, 0.25) is 0 Å². The Kier molecular flexibility index (Phi) is 7.71. The summed E-state index contributed by atoms with van der Waals surface area (Å²) in [5, 5.41) is 2.96. The Morgan fingerprint density at radius 3 is 2.43 bits per heavy atom. The van der Waals surface area contributed by atoms with Crippen molar-refractivity contribution in [1.82, 2.24) is 9.88 Å². The molecule has 0 spiro atoms. The molecule has 1 N–H and O–H groups in total. The SMILES string of the molecule is COc1ccccc1CN1CCCN(c2ccc(NC(=O)c3ccc(C(C)(C)C)cc3)cn2)CC1. The molecule has 1 amide bonds. The average molecular weight is 473 g/mol. The van der Waals surface area contributed by atoms with Crippen LogP contribution in [-0.2, 0) is 12.0 Å². The number of pyridine rings is 1. The van der Waals surface area contributed by atoms with Gasteiger partial charge in [0, 0.05) is 43.9 Å². The molecule has 1 aromatic heterocycles. The maximum absolute atomic E-state index is 12.7. The first kappa shape index (κ1) is 24.7. The fourth-order valence-electron chi connectivity index (χ4n) is 4.40. The van der Waals surface area contributed by atoms with Crippen molar-refractivity contribution >= 4 is 17.4 Å². The molecule has 35 heavy (non-hydrogen) atoms. The van der Waals surface area contributed by atoms with Gasteiger partial charge < -0.3 is 15.0 Å². The second kappa shape index (κ2) is 10.9. The lowest BCUT2D eigenvalue weighted by atomic mass is 9.87. The third-order valence-corrected chi connectivity index (χ3v) is 6.52. The molecule has 184 valence electrons. The normalized spacial score (nSPS) is 14.9. The number of amides is 1. The average Bonchev–Trinajstić information content (AvgIpc) is 3.10. The molecule has 0 aliphatic carbocycles. The molecule has 0 atom stereocenters. The van der Waals surface area contributed by atoms with Crippen molar-refractivity contribution in [3.05, 3.63) is 83.6 Å². The van der Waals surface area contributed by atoms with E-state index < -0.39 is 0 Å². The number of para-hydroxylation sites is 1. The standard InChI is InChI=1S/C29H36N4O2/c1-29(2,3)24-12-10-22(11-13-24)28(34)31-25-14-15-27(30-20-25)33-17-7-16-32(18-19-33)21-23-8-5-6-9-26(23)35-4/h5-6,8-15,20H,7,16-19,21H2,1-4H3,(H,31,34). The topological polar surface area (TPSA) is 57.7 Å². The van der Waals surface area contributed by atoms with Crippen LogP contribution in [0.5, 0.6) is 5.75 Å². The van der Waals surface area contributed by atoms with Crippen molar-refractivity contribution in [2.75, 3.05) is 43.5 Å². The summed E-state index contributed by atoms with van der Waals surface area (Å²) in [5.74, 6) is 1.76. The van der Waals surface area contributed by atoms with Crippen LogP contribution in [0.3, 0.4) is 0 Å². The van der Waals surface area contributed by atoms with Crippen LogP contribution >= 0.6 is 0 Å². The number of hydrogen-bond acceptors (Lipinski definition) is 5. The molecule has 2 heterocycles. The maximum atomic E-state index is 12.7. The molecule has 2 aromatic carbocycles. The predicted molar refractivity (Wildman–Crippen MR) is 142 cm³/mol. The number of carbonyl (C=O) groups is 1. The number of ether oxygens (including phenoxy) is 1. The Morgan fingerprint density at radius 2 is 1.74 bits per heavy atom. The fourth-order valence-corrected chi connectivity index (χ4v) is 4.40. The highest BCUT2D eigenvalue weighted by atomic mass is 16.5. The maximum Gasteiger partial charge on any atom is 0.255 e. The molecule has 0 unspecified atom stereocenters. The molecule has 0 bridgehead atoms. The zero-order valence-electron chi connectivity index (χ0n) is 21.3. The number of rotatable bonds is 6. The smallest absolute Gasteiger partial charge is 0.255 e. The van der Waals surface area contributed by atoms with Gasteiger partial charge in [0.05, 0.1) is 19.0 Å². The van der Waals surface area contributed by atoms with Crippen molar-refractivity contribution in [2.45, 2.75) is 39.2 Å². The quantitative estimate of drug-likeness (QED) is 0.524. The zero-order chi connectivity index (χ0) is 24.8. The van der Waals surface area contributed by atoms with Crippen molar-refractivity contribution in [1.29, 1.82) is 0 Å². The van der Waals surface area contributed by atoms with Gasteiger partial charge >= 0.3 is 0 Å². The number of hydrogen-bond donors (Lipinski definition) is 1. The molecule has 4 rings (SSSR count). The summed E-state index contributed by atoms with van der Waals surface area (Å²) in [6, 6.07) is 20.0. The van der Waals surface area contributed by atoms with E-state index in [4.69, 9.17) is 4.74 Å². The molecule has 0 saturated carbocycles. The van der Waals surface area contributed by atoms with Gasteiger partial charge in [-0.2, -0.15) is 0 Å². The van der Waals surface area contributed by atoms with Crippen LogP contribution in [0.2, 0.25) is 0 Å². The molecule has 1 fully saturated rings. The van der Waals surface area contributed by atoms with Crippen LogP contribution in [0.25, 0.3) is 0 Å². The van der Waals surface area contributed by atoms with Crippen LogP contribution in [0, 0.1) is 0 Å². The van der Waals surface area contributed by atoms with Gasteiger partial charge in [-0.3, -0.25) is 9.69 Å². The van der Waals surface area contributed by atoms with Gasteiger partial charge in [0.15, 0.2) is 0 Å². The number of aromatic nitrogens is 1. The van der Waals surface area contributed by atoms with Gasteiger partial charge in [0.1, 0.15) is 11.6 Å². The predicted octanol–water partition coefficient (Wildman–Crippen LogP) is 5.35. The van der Waals surface area contributed by atoms with Crippen molar-refractivity contribution < 1.29 is 9.53 Å². The number of anilines is 2. The van der Waals surface area contributed by atoms with Crippen LogP contribution in [0.1, 0.15) is 48.7 Å². The third-order valence-electron chi connectivity index (χ3n) is 6.52. The minimum Gasteiger partial charge on any atom is -0.496 e. The monoisotopic (exact) mass is 472 g/mol. The molecular formula is C29H36N4O2. The summed E-state index contributed by atoms with van der Waals surface area (Å²) >= 11 is 0. The minimum atomic E-state index is -0.123. The van der Waals surface area contributed by atoms with Crippen LogP contribution in [-0.4, -0.2) is 49.1 Å². The van der Waals surface area contributed by atoms with Crippen LogP contribution in [0.4, 0.5) is 11.5 Å². The second-order valence-corrected chi connectivity index (χ2v) is 10.1. The Balaban J connectivity index is 1.33. The highest BCUT2D eigenvalue weighted by Gasteiger charge is 2.18. The first-order valence-electron chi connectivity index (χ1n) is 12.3. The summed E-state index contributed by atoms with van der Waals surface area (Å²) in [6.45, 7) is 11.2.